The molecule has 32 heavy (non-hydrogen) atoms. The van der Waals surface area contributed by atoms with Crippen molar-refractivity contribution in [2.75, 3.05) is 7.11 Å². The number of carbonyl (C=O) groups is 1. The summed E-state index contributed by atoms with van der Waals surface area (Å²) in [5, 5.41) is 11.1. The monoisotopic (exact) mass is 513 g/mol. The van der Waals surface area contributed by atoms with Gasteiger partial charge < -0.3 is 4.74 Å². The minimum Gasteiger partial charge on any atom is -0.466 e. The number of rotatable bonds is 4. The van der Waals surface area contributed by atoms with Gasteiger partial charge in [-0.05, 0) is 48.4 Å². The molecule has 2 aromatic carbocycles. The van der Waals surface area contributed by atoms with E-state index in [-0.39, 0.29) is 16.8 Å². The average Bonchev–Trinajstić information content (AvgIpc) is 3.08. The number of halogens is 1. The number of hydrogen-bond donors (Lipinski definition) is 0. The number of esters is 1. The van der Waals surface area contributed by atoms with Crippen LogP contribution >= 0.6 is 27.3 Å². The maximum atomic E-state index is 13.4. The molecule has 4 rings (SSSR count). The van der Waals surface area contributed by atoms with Crippen LogP contribution in [-0.4, -0.2) is 22.6 Å². The van der Waals surface area contributed by atoms with E-state index in [0.29, 0.717) is 20.6 Å². The number of benzene rings is 2. The minimum absolute atomic E-state index is 0.0864. The van der Waals surface area contributed by atoms with Crippen LogP contribution in [0.15, 0.2) is 74.1 Å². The van der Waals surface area contributed by atoms with Gasteiger partial charge in [0.2, 0.25) is 0 Å². The number of nitro groups is 1. The van der Waals surface area contributed by atoms with Crippen molar-refractivity contribution in [2.24, 2.45) is 4.99 Å². The Morgan fingerprint density at radius 3 is 2.47 bits per heavy atom. The second-order valence-corrected chi connectivity index (χ2v) is 8.90. The second kappa shape index (κ2) is 8.64. The average molecular weight is 514 g/mol. The van der Waals surface area contributed by atoms with Crippen molar-refractivity contribution in [1.82, 2.24) is 4.57 Å². The molecule has 0 N–H and O–H groups in total. The van der Waals surface area contributed by atoms with E-state index in [2.05, 4.69) is 20.9 Å². The predicted octanol–water partition coefficient (Wildman–Crippen LogP) is 3.08. The Labute approximate surface area is 194 Å². The molecule has 0 radical (unpaired) electrons. The van der Waals surface area contributed by atoms with Gasteiger partial charge in [0.1, 0.15) is 0 Å². The largest absolute Gasteiger partial charge is 0.466 e. The number of fused-ring (bicyclic) bond motifs is 1. The van der Waals surface area contributed by atoms with Crippen LogP contribution in [0.4, 0.5) is 5.69 Å². The van der Waals surface area contributed by atoms with Crippen LogP contribution < -0.4 is 14.9 Å². The molecule has 2 heterocycles. The normalized spacial score (nSPS) is 15.8. The molecule has 3 aromatic rings. The summed E-state index contributed by atoms with van der Waals surface area (Å²) in [4.78, 5) is 41.5. The summed E-state index contributed by atoms with van der Waals surface area (Å²) in [6.07, 6.45) is 1.76. The molecule has 1 aliphatic rings. The van der Waals surface area contributed by atoms with E-state index < -0.39 is 16.9 Å². The van der Waals surface area contributed by atoms with Crippen molar-refractivity contribution in [3.63, 3.8) is 0 Å². The van der Waals surface area contributed by atoms with Crippen molar-refractivity contribution < 1.29 is 14.5 Å². The third kappa shape index (κ3) is 3.94. The van der Waals surface area contributed by atoms with Gasteiger partial charge >= 0.3 is 5.97 Å². The fraction of sp³-hybridized carbons (Fsp3) is 0.136. The molecular formula is C22H16BrN3O5S. The van der Waals surface area contributed by atoms with E-state index >= 15 is 0 Å². The summed E-state index contributed by atoms with van der Waals surface area (Å²) < 4.78 is 7.77. The van der Waals surface area contributed by atoms with Crippen LogP contribution in [-0.2, 0) is 9.53 Å². The first-order valence-electron chi connectivity index (χ1n) is 9.41. The molecule has 1 aliphatic heterocycles. The van der Waals surface area contributed by atoms with E-state index in [1.54, 1.807) is 13.0 Å². The van der Waals surface area contributed by atoms with Crippen LogP contribution in [0.2, 0.25) is 0 Å². The molecule has 1 atom stereocenters. The fourth-order valence-corrected chi connectivity index (χ4v) is 4.81. The highest BCUT2D eigenvalue weighted by Crippen LogP contribution is 2.31. The molecule has 1 aromatic heterocycles. The Kier molecular flexibility index (Phi) is 5.90. The number of nitrogens with zero attached hydrogens (tertiary/aromatic N) is 3. The molecule has 0 saturated carbocycles. The van der Waals surface area contributed by atoms with Crippen LogP contribution in [0.1, 0.15) is 24.1 Å². The Morgan fingerprint density at radius 1 is 1.22 bits per heavy atom. The lowest BCUT2D eigenvalue weighted by Crippen LogP contribution is -2.39. The molecule has 0 amide bonds. The van der Waals surface area contributed by atoms with Gasteiger partial charge in [-0.25, -0.2) is 9.79 Å². The van der Waals surface area contributed by atoms with Gasteiger partial charge in [0.15, 0.2) is 4.80 Å². The van der Waals surface area contributed by atoms with E-state index in [1.807, 2.05) is 24.3 Å². The van der Waals surface area contributed by atoms with Gasteiger partial charge in [-0.2, -0.15) is 0 Å². The molecule has 0 spiro atoms. The number of hydrogen-bond acceptors (Lipinski definition) is 7. The summed E-state index contributed by atoms with van der Waals surface area (Å²) >= 11 is 4.60. The molecule has 0 aliphatic carbocycles. The lowest BCUT2D eigenvalue weighted by atomic mass is 9.96. The molecule has 162 valence electrons. The first-order valence-corrected chi connectivity index (χ1v) is 11.0. The van der Waals surface area contributed by atoms with Crippen LogP contribution in [0.25, 0.3) is 6.08 Å². The zero-order chi connectivity index (χ0) is 23.0. The first kappa shape index (κ1) is 21.8. The third-order valence-corrected chi connectivity index (χ3v) is 6.53. The Bertz CT molecular complexity index is 1440. The standard InChI is InChI=1S/C22H16BrN3O5S/c1-12-18(21(28)31-2)19(14-5-9-16(10-6-14)26(29)30)25-20(27)17(32-22(25)24-12)11-13-3-7-15(23)8-4-13/h3-11,19H,1-2H3. The maximum Gasteiger partial charge on any atom is 0.338 e. The number of allylic oxidation sites excluding steroid dienone is 1. The van der Waals surface area contributed by atoms with Crippen molar-refractivity contribution >= 4 is 45.0 Å². The summed E-state index contributed by atoms with van der Waals surface area (Å²) in [5.41, 5.74) is 1.63. The molecule has 8 nitrogen and oxygen atoms in total. The number of aromatic nitrogens is 1. The van der Waals surface area contributed by atoms with E-state index in [4.69, 9.17) is 4.74 Å². The van der Waals surface area contributed by atoms with Crippen molar-refractivity contribution in [3.05, 3.63) is 105 Å². The smallest absolute Gasteiger partial charge is 0.338 e. The van der Waals surface area contributed by atoms with Gasteiger partial charge in [0, 0.05) is 16.6 Å². The molecule has 10 heteroatoms. The number of thiazole rings is 1. The van der Waals surface area contributed by atoms with Crippen LogP contribution in [0.5, 0.6) is 0 Å². The van der Waals surface area contributed by atoms with Crippen molar-refractivity contribution in [3.8, 4) is 0 Å². The molecular weight excluding hydrogens is 498 g/mol. The lowest BCUT2D eigenvalue weighted by molar-refractivity contribution is -0.384. The van der Waals surface area contributed by atoms with E-state index in [1.165, 1.54) is 47.3 Å². The molecule has 1 unspecified atom stereocenters. The quantitative estimate of drug-likeness (QED) is 0.303. The van der Waals surface area contributed by atoms with Gasteiger partial charge in [0.25, 0.3) is 11.2 Å². The minimum atomic E-state index is -0.813. The molecule has 0 fully saturated rings. The molecule has 0 saturated heterocycles. The van der Waals surface area contributed by atoms with Gasteiger partial charge in [-0.3, -0.25) is 19.5 Å². The topological polar surface area (TPSA) is 104 Å². The highest BCUT2D eigenvalue weighted by molar-refractivity contribution is 9.10. The van der Waals surface area contributed by atoms with Crippen molar-refractivity contribution in [2.45, 2.75) is 13.0 Å². The summed E-state index contributed by atoms with van der Waals surface area (Å²) in [6, 6.07) is 12.5. The van der Waals surface area contributed by atoms with Gasteiger partial charge in [-0.15, -0.1) is 0 Å². The Hall–Kier alpha value is -3.37. The van der Waals surface area contributed by atoms with E-state index in [0.717, 1.165) is 10.0 Å². The Balaban J connectivity index is 1.94. The third-order valence-electron chi connectivity index (χ3n) is 5.01. The first-order chi connectivity index (χ1) is 15.3. The SMILES string of the molecule is COC(=O)C1=C(C)N=c2sc(=Cc3ccc(Br)cc3)c(=O)n2C1c1ccc([N+](=O)[O-])cc1. The number of ether oxygens (including phenoxy) is 1. The summed E-state index contributed by atoms with van der Waals surface area (Å²) in [5.74, 6) is -0.614. The zero-order valence-corrected chi connectivity index (χ0v) is 19.3. The predicted molar refractivity (Wildman–Crippen MR) is 123 cm³/mol. The number of non-ortho nitro benzene ring substituents is 1. The summed E-state index contributed by atoms with van der Waals surface area (Å²) in [6.45, 7) is 1.68. The van der Waals surface area contributed by atoms with Crippen LogP contribution in [0, 0.1) is 10.1 Å². The van der Waals surface area contributed by atoms with Gasteiger partial charge in [0.05, 0.1) is 33.9 Å². The molecule has 0 bridgehead atoms. The number of methoxy groups -OCH3 is 1. The lowest BCUT2D eigenvalue weighted by Gasteiger charge is -2.24. The second-order valence-electron chi connectivity index (χ2n) is 6.97. The number of carbonyl (C=O) groups excluding carboxylic acids is 1. The Morgan fingerprint density at radius 2 is 1.88 bits per heavy atom. The van der Waals surface area contributed by atoms with E-state index in [9.17, 15) is 19.7 Å². The highest BCUT2D eigenvalue weighted by Gasteiger charge is 2.33. The zero-order valence-electron chi connectivity index (χ0n) is 16.9. The van der Waals surface area contributed by atoms with Crippen molar-refractivity contribution in [1.29, 1.82) is 0 Å². The fourth-order valence-electron chi connectivity index (χ4n) is 3.50. The highest BCUT2D eigenvalue weighted by atomic mass is 79.9. The van der Waals surface area contributed by atoms with Gasteiger partial charge in [-0.1, -0.05) is 39.4 Å². The summed E-state index contributed by atoms with van der Waals surface area (Å²) in [7, 11) is 1.26. The maximum absolute atomic E-state index is 13.4. The number of nitro benzene ring substituents is 1. The van der Waals surface area contributed by atoms with Crippen LogP contribution in [0.3, 0.4) is 0 Å².